The van der Waals surface area contributed by atoms with Crippen molar-refractivity contribution in [2.45, 2.75) is 63.7 Å². The summed E-state index contributed by atoms with van der Waals surface area (Å²) in [5, 5.41) is 10.2. The van der Waals surface area contributed by atoms with Crippen molar-refractivity contribution in [3.63, 3.8) is 0 Å². The smallest absolute Gasteiger partial charge is 0.227 e. The molecule has 37 heavy (non-hydrogen) atoms. The summed E-state index contributed by atoms with van der Waals surface area (Å²) in [5.74, 6) is -2.11. The van der Waals surface area contributed by atoms with Crippen molar-refractivity contribution in [3.8, 4) is 6.07 Å². The Morgan fingerprint density at radius 3 is 2.51 bits per heavy atom. The third-order valence-electron chi connectivity index (χ3n) is 8.19. The Morgan fingerprint density at radius 1 is 1.19 bits per heavy atom. The van der Waals surface area contributed by atoms with Gasteiger partial charge in [-0.25, -0.2) is 8.78 Å². The minimum Gasteiger partial charge on any atom is -0.346 e. The number of hydrogen-bond acceptors (Lipinski definition) is 5. The van der Waals surface area contributed by atoms with Crippen molar-refractivity contribution in [1.29, 1.82) is 5.26 Å². The van der Waals surface area contributed by atoms with Crippen molar-refractivity contribution in [2.24, 2.45) is 5.92 Å². The zero-order valence-electron chi connectivity index (χ0n) is 21.5. The molecule has 196 valence electrons. The first-order valence-electron chi connectivity index (χ1n) is 12.7. The summed E-state index contributed by atoms with van der Waals surface area (Å²) in [5.41, 5.74) is 1.55. The van der Waals surface area contributed by atoms with Gasteiger partial charge in [0.25, 0.3) is 0 Å². The second kappa shape index (κ2) is 9.30. The number of halogens is 3. The number of hydrogen-bond donors (Lipinski definition) is 0. The summed E-state index contributed by atoms with van der Waals surface area (Å²) >= 11 is 6.28. The van der Waals surface area contributed by atoms with E-state index in [1.54, 1.807) is 6.07 Å². The van der Waals surface area contributed by atoms with E-state index in [0.29, 0.717) is 60.9 Å². The number of pyridine rings is 1. The molecule has 1 aromatic heterocycles. The van der Waals surface area contributed by atoms with E-state index in [1.807, 2.05) is 11.8 Å². The third kappa shape index (κ3) is 4.52. The molecule has 2 fully saturated rings. The Balaban J connectivity index is 1.39. The van der Waals surface area contributed by atoms with Crippen molar-refractivity contribution in [1.82, 2.24) is 14.8 Å². The van der Waals surface area contributed by atoms with Gasteiger partial charge in [-0.2, -0.15) is 5.26 Å². The quantitative estimate of drug-likeness (QED) is 0.532. The zero-order valence-corrected chi connectivity index (χ0v) is 22.3. The fourth-order valence-electron chi connectivity index (χ4n) is 6.00. The monoisotopic (exact) mass is 528 g/mol. The molecule has 0 bridgehead atoms. The van der Waals surface area contributed by atoms with E-state index < -0.39 is 29.3 Å². The topological polar surface area (TPSA) is 69.5 Å². The van der Waals surface area contributed by atoms with Crippen LogP contribution < -0.4 is 0 Å². The Bertz CT molecular complexity index is 1280. The summed E-state index contributed by atoms with van der Waals surface area (Å²) < 4.78 is 34.7. The van der Waals surface area contributed by atoms with E-state index in [4.69, 9.17) is 21.3 Å². The molecule has 1 unspecified atom stereocenters. The highest BCUT2D eigenvalue weighted by atomic mass is 35.5. The average Bonchev–Trinajstić information content (AvgIpc) is 3.40. The minimum absolute atomic E-state index is 0.0365. The van der Waals surface area contributed by atoms with Gasteiger partial charge in [0.1, 0.15) is 17.2 Å². The molecule has 0 saturated carbocycles. The molecule has 4 heterocycles. The predicted octanol–water partition coefficient (Wildman–Crippen LogP) is 5.25. The Labute approximate surface area is 221 Å². The highest BCUT2D eigenvalue weighted by Gasteiger charge is 2.51. The largest absolute Gasteiger partial charge is 0.346 e. The Hall–Kier alpha value is -2.60. The van der Waals surface area contributed by atoms with E-state index >= 15 is 0 Å². The van der Waals surface area contributed by atoms with Crippen LogP contribution in [-0.4, -0.2) is 52.4 Å². The molecule has 1 spiro atoms. The van der Waals surface area contributed by atoms with Crippen LogP contribution in [0.15, 0.2) is 24.3 Å². The molecule has 2 aromatic rings. The van der Waals surface area contributed by atoms with Crippen LogP contribution >= 0.6 is 11.6 Å². The lowest BCUT2D eigenvalue weighted by Crippen LogP contribution is -2.48. The van der Waals surface area contributed by atoms with Crippen LogP contribution in [0.1, 0.15) is 68.1 Å². The summed E-state index contributed by atoms with van der Waals surface area (Å²) in [6, 6.07) is 7.58. The molecule has 9 heteroatoms. The fourth-order valence-corrected chi connectivity index (χ4v) is 6.16. The molecule has 3 aliphatic heterocycles. The highest BCUT2D eigenvalue weighted by Crippen LogP contribution is 2.49. The maximum absolute atomic E-state index is 14.8. The molecule has 3 aliphatic rings. The molecule has 1 amide bonds. The number of rotatable bonds is 2. The molecule has 1 aromatic carbocycles. The number of ether oxygens (including phenoxy) is 1. The molecular weight excluding hydrogens is 498 g/mol. The van der Waals surface area contributed by atoms with Crippen LogP contribution in [0.2, 0.25) is 5.02 Å². The first kappa shape index (κ1) is 26.0. The van der Waals surface area contributed by atoms with Gasteiger partial charge in [0.15, 0.2) is 6.10 Å². The normalized spacial score (nSPS) is 25.4. The molecule has 5 rings (SSSR count). The second-order valence-corrected chi connectivity index (χ2v) is 11.8. The number of aromatic nitrogens is 1. The molecule has 3 atom stereocenters. The Morgan fingerprint density at radius 2 is 1.89 bits per heavy atom. The van der Waals surface area contributed by atoms with Gasteiger partial charge in [-0.05, 0) is 58.2 Å². The van der Waals surface area contributed by atoms with Gasteiger partial charge in [0.2, 0.25) is 5.91 Å². The SMILES string of the molecule is Cc1nc2c(cc1Cl)C(C#N)OC21CCN(C(=O)[C@@H]2CN(C(C)(C)C)C[C@H]2c2ccc(F)cc2F)CC1. The fraction of sp³-hybridized carbons (Fsp3) is 0.536. The summed E-state index contributed by atoms with van der Waals surface area (Å²) in [4.78, 5) is 22.6. The number of carbonyl (C=O) groups is 1. The van der Waals surface area contributed by atoms with Gasteiger partial charge in [-0.3, -0.25) is 14.7 Å². The lowest BCUT2D eigenvalue weighted by atomic mass is 9.84. The number of amides is 1. The maximum Gasteiger partial charge on any atom is 0.227 e. The van der Waals surface area contributed by atoms with E-state index in [0.717, 1.165) is 11.8 Å². The van der Waals surface area contributed by atoms with E-state index in [1.165, 1.54) is 12.1 Å². The first-order chi connectivity index (χ1) is 17.4. The summed E-state index contributed by atoms with van der Waals surface area (Å²) in [6.07, 6.45) is 0.260. The van der Waals surface area contributed by atoms with Gasteiger partial charge in [0, 0.05) is 49.3 Å². The predicted molar refractivity (Wildman–Crippen MR) is 135 cm³/mol. The van der Waals surface area contributed by atoms with Crippen molar-refractivity contribution in [2.75, 3.05) is 26.2 Å². The maximum atomic E-state index is 14.8. The van der Waals surface area contributed by atoms with Crippen LogP contribution in [-0.2, 0) is 15.1 Å². The van der Waals surface area contributed by atoms with Crippen LogP contribution in [0.4, 0.5) is 8.78 Å². The first-order valence-corrected chi connectivity index (χ1v) is 13.0. The number of piperidine rings is 1. The van der Waals surface area contributed by atoms with Crippen molar-refractivity contribution in [3.05, 3.63) is 63.4 Å². The van der Waals surface area contributed by atoms with Crippen LogP contribution in [0.3, 0.4) is 0 Å². The van der Waals surface area contributed by atoms with Gasteiger partial charge in [-0.15, -0.1) is 0 Å². The molecule has 2 saturated heterocycles. The summed E-state index contributed by atoms with van der Waals surface area (Å²) in [7, 11) is 0. The number of aryl methyl sites for hydroxylation is 1. The lowest BCUT2D eigenvalue weighted by Gasteiger charge is -2.40. The lowest BCUT2D eigenvalue weighted by molar-refractivity contribution is -0.144. The third-order valence-corrected chi connectivity index (χ3v) is 8.57. The summed E-state index contributed by atoms with van der Waals surface area (Å²) in [6.45, 7) is 9.93. The van der Waals surface area contributed by atoms with Crippen LogP contribution in [0.25, 0.3) is 0 Å². The zero-order chi connectivity index (χ0) is 26.7. The van der Waals surface area contributed by atoms with Crippen LogP contribution in [0, 0.1) is 35.8 Å². The average molecular weight is 529 g/mol. The Kier molecular flexibility index (Phi) is 6.54. The number of nitrogens with zero attached hydrogens (tertiary/aromatic N) is 4. The molecule has 6 nitrogen and oxygen atoms in total. The molecular formula is C28H31ClF2N4O2. The number of nitriles is 1. The van der Waals surface area contributed by atoms with E-state index in [-0.39, 0.29) is 17.4 Å². The van der Waals surface area contributed by atoms with Crippen molar-refractivity contribution < 1.29 is 18.3 Å². The highest BCUT2D eigenvalue weighted by molar-refractivity contribution is 6.31. The van der Waals surface area contributed by atoms with Gasteiger partial charge in [0.05, 0.1) is 28.4 Å². The van der Waals surface area contributed by atoms with Gasteiger partial charge < -0.3 is 9.64 Å². The minimum atomic E-state index is -0.746. The van der Waals surface area contributed by atoms with Gasteiger partial charge in [-0.1, -0.05) is 17.7 Å². The number of benzene rings is 1. The number of fused-ring (bicyclic) bond motifs is 2. The second-order valence-electron chi connectivity index (χ2n) is 11.4. The van der Waals surface area contributed by atoms with Crippen LogP contribution in [0.5, 0.6) is 0 Å². The van der Waals surface area contributed by atoms with Gasteiger partial charge >= 0.3 is 0 Å². The number of likely N-dealkylation sites (tertiary alicyclic amines) is 2. The standard InChI is InChI=1S/C28H31ClF2N4O2/c1-16-22(29)12-19-24(13-32)37-28(25(19)33-16)7-9-34(10-8-28)26(36)21-15-35(27(2,3)4)14-20(21)18-6-5-17(30)11-23(18)31/h5-6,11-12,20-21,24H,7-10,14-15H2,1-4H3/t20-,21+,24?/m0/s1. The molecule has 0 N–H and O–H groups in total. The molecule has 0 radical (unpaired) electrons. The van der Waals surface area contributed by atoms with E-state index in [9.17, 15) is 18.8 Å². The molecule has 0 aliphatic carbocycles. The number of carbonyl (C=O) groups excluding carboxylic acids is 1. The van der Waals surface area contributed by atoms with E-state index in [2.05, 4.69) is 31.7 Å². The van der Waals surface area contributed by atoms with Crippen molar-refractivity contribution >= 4 is 17.5 Å².